The summed E-state index contributed by atoms with van der Waals surface area (Å²) in [6.07, 6.45) is 2.34. The summed E-state index contributed by atoms with van der Waals surface area (Å²) >= 11 is 0. The molecule has 0 aliphatic carbocycles. The minimum absolute atomic E-state index is 0.586. The molecule has 78 valence electrons. The molecule has 1 unspecified atom stereocenters. The van der Waals surface area contributed by atoms with E-state index in [1.807, 2.05) is 6.92 Å². The molecule has 2 heterocycles. The topological polar surface area (TPSA) is 45.7 Å². The Bertz CT molecular complexity index is 273. The zero-order valence-corrected chi connectivity index (χ0v) is 8.76. The molecule has 14 heavy (non-hydrogen) atoms. The molecule has 0 radical (unpaired) electrons. The van der Waals surface area contributed by atoms with Crippen molar-refractivity contribution in [2.45, 2.75) is 32.7 Å². The standard InChI is InChI=1S/C10H17N3O/c1-7-3-4-9(5-11-7)10-6-14-13-8(2)12-10/h7,11H,3-6H2,1-2H3,(H,12,13)/b10-9-. The Labute approximate surface area is 84.4 Å². The Kier molecular flexibility index (Phi) is 2.84. The third-order valence-electron chi connectivity index (χ3n) is 2.68. The average molecular weight is 195 g/mol. The molecule has 0 aromatic heterocycles. The molecular weight excluding hydrogens is 178 g/mol. The van der Waals surface area contributed by atoms with Gasteiger partial charge in [0.05, 0.1) is 5.70 Å². The summed E-state index contributed by atoms with van der Waals surface area (Å²) in [5, 5.41) is 3.44. The zero-order valence-electron chi connectivity index (χ0n) is 8.76. The van der Waals surface area contributed by atoms with E-state index in [1.54, 1.807) is 0 Å². The number of hydrogen-bond acceptors (Lipinski definition) is 4. The second-order valence-electron chi connectivity index (χ2n) is 3.96. The molecule has 1 atom stereocenters. The summed E-state index contributed by atoms with van der Waals surface area (Å²) in [5.41, 5.74) is 5.25. The van der Waals surface area contributed by atoms with Crippen LogP contribution < -0.4 is 10.8 Å². The van der Waals surface area contributed by atoms with E-state index in [1.165, 1.54) is 12.0 Å². The lowest BCUT2D eigenvalue weighted by atomic mass is 9.99. The van der Waals surface area contributed by atoms with E-state index in [2.05, 4.69) is 22.7 Å². The predicted octanol–water partition coefficient (Wildman–Crippen LogP) is 0.966. The van der Waals surface area contributed by atoms with E-state index < -0.39 is 0 Å². The van der Waals surface area contributed by atoms with Gasteiger partial charge in [-0.3, -0.25) is 10.3 Å². The van der Waals surface area contributed by atoms with E-state index in [-0.39, 0.29) is 0 Å². The smallest absolute Gasteiger partial charge is 0.123 e. The van der Waals surface area contributed by atoms with Crippen molar-refractivity contribution in [2.75, 3.05) is 13.2 Å². The first kappa shape index (κ1) is 9.68. The fraction of sp³-hybridized carbons (Fsp3) is 0.700. The SMILES string of the molecule is CC1=N/C(=C2/CCC(C)NC2)CON1. The minimum atomic E-state index is 0.586. The van der Waals surface area contributed by atoms with Crippen molar-refractivity contribution in [1.82, 2.24) is 10.8 Å². The molecule has 4 heteroatoms. The summed E-state index contributed by atoms with van der Waals surface area (Å²) in [6, 6.07) is 0.632. The number of aliphatic imine (C=N–C) groups is 1. The molecule has 0 aromatic carbocycles. The maximum Gasteiger partial charge on any atom is 0.123 e. The van der Waals surface area contributed by atoms with Crippen molar-refractivity contribution < 1.29 is 4.84 Å². The number of nitrogens with zero attached hydrogens (tertiary/aromatic N) is 1. The van der Waals surface area contributed by atoms with Crippen LogP contribution in [0.4, 0.5) is 0 Å². The molecule has 0 aromatic rings. The van der Waals surface area contributed by atoms with E-state index in [9.17, 15) is 0 Å². The number of hydroxylamine groups is 1. The first-order valence-electron chi connectivity index (χ1n) is 5.13. The van der Waals surface area contributed by atoms with Crippen LogP contribution in [0.2, 0.25) is 0 Å². The van der Waals surface area contributed by atoms with Crippen LogP contribution in [0, 0.1) is 0 Å². The maximum atomic E-state index is 5.21. The van der Waals surface area contributed by atoms with Gasteiger partial charge in [-0.1, -0.05) is 0 Å². The summed E-state index contributed by atoms with van der Waals surface area (Å²) in [5.74, 6) is 0.845. The fourth-order valence-electron chi connectivity index (χ4n) is 1.77. The van der Waals surface area contributed by atoms with Crippen molar-refractivity contribution in [1.29, 1.82) is 0 Å². The lowest BCUT2D eigenvalue weighted by Crippen LogP contribution is -2.35. The van der Waals surface area contributed by atoms with Gasteiger partial charge in [-0.05, 0) is 32.3 Å². The zero-order chi connectivity index (χ0) is 9.97. The van der Waals surface area contributed by atoms with Gasteiger partial charge in [0, 0.05) is 12.6 Å². The van der Waals surface area contributed by atoms with Gasteiger partial charge < -0.3 is 5.32 Å². The number of rotatable bonds is 0. The second-order valence-corrected chi connectivity index (χ2v) is 3.96. The molecule has 2 aliphatic heterocycles. The second kappa shape index (κ2) is 4.11. The van der Waals surface area contributed by atoms with Gasteiger partial charge in [0.25, 0.3) is 0 Å². The molecule has 0 amide bonds. The molecule has 4 nitrogen and oxygen atoms in total. The van der Waals surface area contributed by atoms with Crippen molar-refractivity contribution in [3.63, 3.8) is 0 Å². The molecular formula is C10H17N3O. The lowest BCUT2D eigenvalue weighted by Gasteiger charge is -2.25. The van der Waals surface area contributed by atoms with E-state index in [0.29, 0.717) is 12.6 Å². The van der Waals surface area contributed by atoms with Crippen LogP contribution in [0.3, 0.4) is 0 Å². The van der Waals surface area contributed by atoms with Crippen molar-refractivity contribution in [2.24, 2.45) is 4.99 Å². The summed E-state index contributed by atoms with van der Waals surface area (Å²) < 4.78 is 0. The molecule has 0 bridgehead atoms. The van der Waals surface area contributed by atoms with Gasteiger partial charge in [0.1, 0.15) is 12.4 Å². The van der Waals surface area contributed by atoms with E-state index >= 15 is 0 Å². The van der Waals surface area contributed by atoms with Crippen LogP contribution in [0.1, 0.15) is 26.7 Å². The molecule has 2 aliphatic rings. The third kappa shape index (κ3) is 2.13. The first-order valence-corrected chi connectivity index (χ1v) is 5.13. The quantitative estimate of drug-likeness (QED) is 0.605. The van der Waals surface area contributed by atoms with Crippen molar-refractivity contribution >= 4 is 5.84 Å². The minimum Gasteiger partial charge on any atom is -0.310 e. The van der Waals surface area contributed by atoms with Gasteiger partial charge in [0.15, 0.2) is 0 Å². The lowest BCUT2D eigenvalue weighted by molar-refractivity contribution is 0.0950. The molecule has 0 spiro atoms. The number of hydrogen-bond donors (Lipinski definition) is 2. The molecule has 2 N–H and O–H groups in total. The van der Waals surface area contributed by atoms with Crippen molar-refractivity contribution in [3.05, 3.63) is 11.3 Å². The van der Waals surface area contributed by atoms with E-state index in [4.69, 9.17) is 4.84 Å². The fourth-order valence-corrected chi connectivity index (χ4v) is 1.77. The number of piperidine rings is 1. The number of nitrogens with one attached hydrogen (secondary N) is 2. The molecule has 0 saturated carbocycles. The van der Waals surface area contributed by atoms with Gasteiger partial charge in [-0.15, -0.1) is 0 Å². The van der Waals surface area contributed by atoms with Crippen molar-refractivity contribution in [3.8, 4) is 0 Å². The van der Waals surface area contributed by atoms with Crippen LogP contribution in [0.5, 0.6) is 0 Å². The van der Waals surface area contributed by atoms with Gasteiger partial charge in [0.2, 0.25) is 0 Å². The highest BCUT2D eigenvalue weighted by Crippen LogP contribution is 2.19. The molecule has 2 rings (SSSR count). The Balaban J connectivity index is 2.11. The van der Waals surface area contributed by atoms with E-state index in [0.717, 1.165) is 24.5 Å². The highest BCUT2D eigenvalue weighted by Gasteiger charge is 2.16. The largest absolute Gasteiger partial charge is 0.310 e. The highest BCUT2D eigenvalue weighted by atomic mass is 16.6. The third-order valence-corrected chi connectivity index (χ3v) is 2.68. The average Bonchev–Trinajstić information content (AvgIpc) is 2.19. The summed E-state index contributed by atoms with van der Waals surface area (Å²) in [7, 11) is 0. The highest BCUT2D eigenvalue weighted by molar-refractivity contribution is 5.80. The molecule has 1 fully saturated rings. The Morgan fingerprint density at radius 3 is 3.00 bits per heavy atom. The maximum absolute atomic E-state index is 5.21. The first-order chi connectivity index (χ1) is 6.75. The van der Waals surface area contributed by atoms with Crippen LogP contribution in [-0.2, 0) is 4.84 Å². The molecule has 1 saturated heterocycles. The summed E-state index contributed by atoms with van der Waals surface area (Å²) in [6.45, 7) is 5.67. The Hall–Kier alpha value is -0.870. The predicted molar refractivity (Wildman–Crippen MR) is 55.9 cm³/mol. The van der Waals surface area contributed by atoms with Gasteiger partial charge >= 0.3 is 0 Å². The Morgan fingerprint density at radius 1 is 1.50 bits per heavy atom. The van der Waals surface area contributed by atoms with Crippen LogP contribution in [0.25, 0.3) is 0 Å². The van der Waals surface area contributed by atoms with Crippen LogP contribution in [-0.4, -0.2) is 25.0 Å². The monoisotopic (exact) mass is 195 g/mol. The summed E-state index contributed by atoms with van der Waals surface area (Å²) in [4.78, 5) is 9.66. The van der Waals surface area contributed by atoms with Gasteiger partial charge in [-0.2, -0.15) is 0 Å². The van der Waals surface area contributed by atoms with Crippen LogP contribution in [0.15, 0.2) is 16.3 Å². The van der Waals surface area contributed by atoms with Gasteiger partial charge in [-0.25, -0.2) is 4.99 Å². The normalized spacial score (nSPS) is 33.6. The van der Waals surface area contributed by atoms with Crippen LogP contribution >= 0.6 is 0 Å². The number of amidine groups is 1. The Morgan fingerprint density at radius 2 is 2.36 bits per heavy atom.